The molecule has 0 saturated carbocycles. The van der Waals surface area contributed by atoms with Crippen molar-refractivity contribution in [3.63, 3.8) is 0 Å². The average molecular weight is 715 g/mol. The minimum atomic E-state index is -0.640. The first-order valence-electron chi connectivity index (χ1n) is 14.0. The van der Waals surface area contributed by atoms with Crippen molar-refractivity contribution in [3.05, 3.63) is 165 Å². The minimum absolute atomic E-state index is 0.0621. The molecule has 46 heavy (non-hydrogen) atoms. The van der Waals surface area contributed by atoms with Gasteiger partial charge in [-0.1, -0.05) is 88.2 Å². The van der Waals surface area contributed by atoms with Gasteiger partial charge in [-0.05, 0) is 83.9 Å². The van der Waals surface area contributed by atoms with Gasteiger partial charge in [-0.15, -0.1) is 11.8 Å². The molecule has 0 aliphatic heterocycles. The summed E-state index contributed by atoms with van der Waals surface area (Å²) in [7, 11) is 0. The summed E-state index contributed by atoms with van der Waals surface area (Å²) in [5.74, 6) is -1.82. The van der Waals surface area contributed by atoms with Gasteiger partial charge in [-0.25, -0.2) is 4.39 Å². The van der Waals surface area contributed by atoms with Gasteiger partial charge in [-0.3, -0.25) is 14.4 Å². The molecule has 0 fully saturated rings. The van der Waals surface area contributed by atoms with E-state index in [-0.39, 0.29) is 16.6 Å². The highest BCUT2D eigenvalue weighted by Gasteiger charge is 2.23. The van der Waals surface area contributed by atoms with Crippen molar-refractivity contribution in [2.24, 2.45) is 0 Å². The molecule has 10 heteroatoms. The van der Waals surface area contributed by atoms with Crippen LogP contribution < -0.4 is 16.0 Å². The minimum Gasteiger partial charge on any atom is -0.325 e. The van der Waals surface area contributed by atoms with Gasteiger partial charge in [0.15, 0.2) is 0 Å². The third kappa shape index (κ3) is 8.94. The summed E-state index contributed by atoms with van der Waals surface area (Å²) in [4.78, 5) is 40.5. The molecule has 0 aromatic heterocycles. The molecule has 0 radical (unpaired) electrons. The molecule has 5 aromatic rings. The van der Waals surface area contributed by atoms with Gasteiger partial charge >= 0.3 is 0 Å². The Morgan fingerprint density at radius 3 is 2.11 bits per heavy atom. The molecule has 6 nitrogen and oxygen atoms in total. The standard InChI is InChI=1S/C36H26BrClFN3O3S/c37-26-13-7-8-23(20-26)21-32(42-34(43)25-11-5-2-6-12-25)35(44)40-27-14-17-29(18-15-27)46-33(24-9-3-1-4-10-24)36(45)41-28-16-19-31(39)30(38)22-28/h1-22,33H,(H,40,44)(H,41,45)(H,42,43)/b32-21-. The molecule has 0 heterocycles. The molecule has 0 spiro atoms. The number of carbonyl (C=O) groups is 3. The summed E-state index contributed by atoms with van der Waals surface area (Å²) in [5, 5.41) is 7.67. The molecule has 1 unspecified atom stereocenters. The number of anilines is 2. The van der Waals surface area contributed by atoms with Crippen molar-refractivity contribution in [2.45, 2.75) is 10.1 Å². The maximum Gasteiger partial charge on any atom is 0.272 e. The van der Waals surface area contributed by atoms with E-state index in [0.29, 0.717) is 22.5 Å². The normalized spacial score (nSPS) is 11.8. The van der Waals surface area contributed by atoms with Crippen molar-refractivity contribution < 1.29 is 18.8 Å². The largest absolute Gasteiger partial charge is 0.325 e. The third-order valence-corrected chi connectivity index (χ3v) is 8.63. The zero-order valence-corrected chi connectivity index (χ0v) is 27.2. The second kappa shape index (κ2) is 15.5. The van der Waals surface area contributed by atoms with Gasteiger partial charge in [0.05, 0.1) is 5.02 Å². The van der Waals surface area contributed by atoms with Gasteiger partial charge in [0.1, 0.15) is 16.8 Å². The van der Waals surface area contributed by atoms with E-state index in [2.05, 4.69) is 31.9 Å². The Balaban J connectivity index is 1.33. The van der Waals surface area contributed by atoms with Crippen LogP contribution in [0.4, 0.5) is 15.8 Å². The lowest BCUT2D eigenvalue weighted by atomic mass is 10.1. The molecule has 0 aliphatic rings. The predicted octanol–water partition coefficient (Wildman–Crippen LogP) is 9.12. The van der Waals surface area contributed by atoms with Gasteiger partial charge in [0.2, 0.25) is 5.91 Å². The van der Waals surface area contributed by atoms with Crippen LogP contribution in [0.25, 0.3) is 6.08 Å². The Labute approximate surface area is 283 Å². The zero-order valence-electron chi connectivity index (χ0n) is 24.0. The van der Waals surface area contributed by atoms with Crippen LogP contribution in [0.5, 0.6) is 0 Å². The molecule has 3 N–H and O–H groups in total. The summed E-state index contributed by atoms with van der Waals surface area (Å²) < 4.78 is 14.5. The van der Waals surface area contributed by atoms with E-state index in [9.17, 15) is 18.8 Å². The number of hydrogen-bond acceptors (Lipinski definition) is 4. The first-order chi connectivity index (χ1) is 22.2. The Morgan fingerprint density at radius 1 is 0.761 bits per heavy atom. The summed E-state index contributed by atoms with van der Waals surface area (Å²) in [5.41, 5.74) is 2.83. The van der Waals surface area contributed by atoms with Crippen LogP contribution in [0, 0.1) is 5.82 Å². The number of benzene rings is 5. The topological polar surface area (TPSA) is 87.3 Å². The summed E-state index contributed by atoms with van der Waals surface area (Å²) in [6.07, 6.45) is 1.60. The molecule has 5 aromatic carbocycles. The van der Waals surface area contributed by atoms with Crippen molar-refractivity contribution in [2.75, 3.05) is 10.6 Å². The Bertz CT molecular complexity index is 1890. The lowest BCUT2D eigenvalue weighted by Gasteiger charge is -2.18. The molecule has 230 valence electrons. The second-order valence-electron chi connectivity index (χ2n) is 9.94. The molecule has 0 aliphatic carbocycles. The maximum absolute atomic E-state index is 13.6. The summed E-state index contributed by atoms with van der Waals surface area (Å²) in [6.45, 7) is 0. The van der Waals surface area contributed by atoms with Crippen LogP contribution in [-0.4, -0.2) is 17.7 Å². The van der Waals surface area contributed by atoms with Crippen molar-refractivity contribution in [1.82, 2.24) is 5.32 Å². The first-order valence-corrected chi connectivity index (χ1v) is 16.0. The van der Waals surface area contributed by atoms with Crippen LogP contribution in [0.1, 0.15) is 26.7 Å². The number of nitrogens with one attached hydrogen (secondary N) is 3. The lowest BCUT2D eigenvalue weighted by molar-refractivity contribution is -0.116. The van der Waals surface area contributed by atoms with E-state index in [0.717, 1.165) is 14.9 Å². The van der Waals surface area contributed by atoms with E-state index >= 15 is 0 Å². The number of halogens is 3. The Morgan fingerprint density at radius 2 is 1.43 bits per heavy atom. The molecular weight excluding hydrogens is 689 g/mol. The highest BCUT2D eigenvalue weighted by atomic mass is 79.9. The summed E-state index contributed by atoms with van der Waals surface area (Å²) in [6, 6.07) is 36.3. The zero-order chi connectivity index (χ0) is 32.5. The fourth-order valence-electron chi connectivity index (χ4n) is 4.34. The Kier molecular flexibility index (Phi) is 11.0. The van der Waals surface area contributed by atoms with Crippen molar-refractivity contribution >= 4 is 74.5 Å². The van der Waals surface area contributed by atoms with E-state index in [1.165, 1.54) is 30.0 Å². The monoisotopic (exact) mass is 713 g/mol. The number of rotatable bonds is 10. The van der Waals surface area contributed by atoms with E-state index in [1.54, 1.807) is 60.7 Å². The molecule has 0 bridgehead atoms. The fraction of sp³-hybridized carbons (Fsp3) is 0.0278. The van der Waals surface area contributed by atoms with Crippen molar-refractivity contribution in [3.8, 4) is 0 Å². The van der Waals surface area contributed by atoms with Crippen LogP contribution >= 0.6 is 39.3 Å². The lowest BCUT2D eigenvalue weighted by Crippen LogP contribution is -2.30. The number of carbonyl (C=O) groups excluding carboxylic acids is 3. The highest BCUT2D eigenvalue weighted by Crippen LogP contribution is 2.37. The quantitative estimate of drug-likeness (QED) is 0.0995. The smallest absolute Gasteiger partial charge is 0.272 e. The van der Waals surface area contributed by atoms with Crippen LogP contribution in [0.2, 0.25) is 5.02 Å². The van der Waals surface area contributed by atoms with Gasteiger partial charge in [0, 0.05) is 26.3 Å². The number of hydrogen-bond donors (Lipinski definition) is 3. The summed E-state index contributed by atoms with van der Waals surface area (Å²) >= 11 is 10.7. The van der Waals surface area contributed by atoms with E-state index in [4.69, 9.17) is 11.6 Å². The second-order valence-corrected chi connectivity index (χ2v) is 12.4. The predicted molar refractivity (Wildman–Crippen MR) is 186 cm³/mol. The van der Waals surface area contributed by atoms with Gasteiger partial charge in [-0.2, -0.15) is 0 Å². The number of amides is 3. The highest BCUT2D eigenvalue weighted by molar-refractivity contribution is 9.10. The van der Waals surface area contributed by atoms with Crippen LogP contribution in [0.15, 0.2) is 142 Å². The first kappa shape index (κ1) is 32.7. The van der Waals surface area contributed by atoms with Crippen LogP contribution in [-0.2, 0) is 9.59 Å². The fourth-order valence-corrected chi connectivity index (χ4v) is 5.96. The van der Waals surface area contributed by atoms with E-state index in [1.807, 2.05) is 54.6 Å². The third-order valence-electron chi connectivity index (χ3n) is 6.58. The van der Waals surface area contributed by atoms with Crippen LogP contribution in [0.3, 0.4) is 0 Å². The van der Waals surface area contributed by atoms with Gasteiger partial charge < -0.3 is 16.0 Å². The molecule has 1 atom stereocenters. The maximum atomic E-state index is 13.6. The molecule has 5 rings (SSSR count). The molecule has 3 amide bonds. The number of thioether (sulfide) groups is 1. The van der Waals surface area contributed by atoms with E-state index < -0.39 is 22.9 Å². The molecular formula is C36H26BrClFN3O3S. The Hall–Kier alpha value is -4.70. The van der Waals surface area contributed by atoms with Gasteiger partial charge in [0.25, 0.3) is 11.8 Å². The average Bonchev–Trinajstić information content (AvgIpc) is 3.06. The van der Waals surface area contributed by atoms with Crippen molar-refractivity contribution in [1.29, 1.82) is 0 Å². The molecule has 0 saturated heterocycles. The SMILES string of the molecule is O=C(Nc1ccc(SC(C(=O)Nc2ccc(F)c(Cl)c2)c2ccccc2)cc1)/C(=C/c1cccc(Br)c1)NC(=O)c1ccccc1.